The van der Waals surface area contributed by atoms with Crippen LogP contribution in [0.2, 0.25) is 0 Å². The molecule has 5 nitrogen and oxygen atoms in total. The molecule has 0 aromatic carbocycles. The standard InChI is InChI=1S/C21H25N5/c1-14-8-15(2)13-26(12-14)21-5-3-4-18(25-21)19-7-6-16-11-23-17(10-22)9-20(16)24-19/h3-7,9,11,14-15H,8,10,12-13,22H2,1-2H3/t14-,15?/m1/s1. The molecule has 1 saturated heterocycles. The molecule has 0 amide bonds. The largest absolute Gasteiger partial charge is 0.356 e. The van der Waals surface area contributed by atoms with Crippen molar-refractivity contribution in [3.8, 4) is 11.4 Å². The van der Waals surface area contributed by atoms with E-state index in [1.807, 2.05) is 30.5 Å². The van der Waals surface area contributed by atoms with Gasteiger partial charge in [0, 0.05) is 31.2 Å². The predicted molar refractivity (Wildman–Crippen MR) is 106 cm³/mol. The molecule has 1 unspecified atom stereocenters. The van der Waals surface area contributed by atoms with E-state index in [2.05, 4.69) is 35.9 Å². The summed E-state index contributed by atoms with van der Waals surface area (Å²) in [6.07, 6.45) is 3.12. The highest BCUT2D eigenvalue weighted by molar-refractivity contribution is 5.80. The Morgan fingerprint density at radius 1 is 1.04 bits per heavy atom. The number of hydrogen-bond acceptors (Lipinski definition) is 5. The maximum Gasteiger partial charge on any atom is 0.129 e. The Balaban J connectivity index is 1.68. The molecule has 1 fully saturated rings. The Labute approximate surface area is 154 Å². The van der Waals surface area contributed by atoms with Crippen molar-refractivity contribution in [2.75, 3.05) is 18.0 Å². The minimum Gasteiger partial charge on any atom is -0.356 e. The second kappa shape index (κ2) is 7.00. The van der Waals surface area contributed by atoms with Gasteiger partial charge in [-0.1, -0.05) is 19.9 Å². The molecule has 0 radical (unpaired) electrons. The smallest absolute Gasteiger partial charge is 0.129 e. The SMILES string of the molecule is CC1C[C@@H](C)CN(c2cccc(-c3ccc4cnc(CN)cc4n3)n2)C1. The molecule has 3 aromatic heterocycles. The van der Waals surface area contributed by atoms with E-state index >= 15 is 0 Å². The number of nitrogens with two attached hydrogens (primary N) is 1. The number of piperidine rings is 1. The summed E-state index contributed by atoms with van der Waals surface area (Å²) in [7, 11) is 0. The normalized spacial score (nSPS) is 20.5. The van der Waals surface area contributed by atoms with E-state index < -0.39 is 0 Å². The zero-order chi connectivity index (χ0) is 18.1. The van der Waals surface area contributed by atoms with Crippen molar-refractivity contribution in [3.05, 3.63) is 48.3 Å². The molecule has 2 atom stereocenters. The van der Waals surface area contributed by atoms with Crippen molar-refractivity contribution in [2.45, 2.75) is 26.8 Å². The number of anilines is 1. The van der Waals surface area contributed by atoms with Crippen LogP contribution in [0.4, 0.5) is 5.82 Å². The van der Waals surface area contributed by atoms with Crippen molar-refractivity contribution in [2.24, 2.45) is 17.6 Å². The summed E-state index contributed by atoms with van der Waals surface area (Å²) in [5.74, 6) is 2.44. The molecule has 4 rings (SSSR count). The minimum absolute atomic E-state index is 0.418. The van der Waals surface area contributed by atoms with Gasteiger partial charge in [0.15, 0.2) is 0 Å². The highest BCUT2D eigenvalue weighted by Gasteiger charge is 2.23. The van der Waals surface area contributed by atoms with Gasteiger partial charge in [-0.3, -0.25) is 4.98 Å². The molecule has 5 heteroatoms. The number of rotatable bonds is 3. The lowest BCUT2D eigenvalue weighted by molar-refractivity contribution is 0.355. The van der Waals surface area contributed by atoms with E-state index in [0.717, 1.165) is 46.9 Å². The van der Waals surface area contributed by atoms with Crippen molar-refractivity contribution < 1.29 is 0 Å². The summed E-state index contributed by atoms with van der Waals surface area (Å²) in [5, 5.41) is 1.01. The van der Waals surface area contributed by atoms with Crippen molar-refractivity contribution in [1.82, 2.24) is 15.0 Å². The van der Waals surface area contributed by atoms with Gasteiger partial charge in [0.05, 0.1) is 22.6 Å². The molecule has 3 aromatic rings. The van der Waals surface area contributed by atoms with Crippen LogP contribution in [0, 0.1) is 11.8 Å². The molecule has 26 heavy (non-hydrogen) atoms. The molecule has 0 spiro atoms. The molecule has 1 aliphatic heterocycles. The second-order valence-electron chi connectivity index (χ2n) is 7.50. The lowest BCUT2D eigenvalue weighted by atomic mass is 9.92. The lowest BCUT2D eigenvalue weighted by Gasteiger charge is -2.35. The summed E-state index contributed by atoms with van der Waals surface area (Å²) < 4.78 is 0. The number of nitrogens with zero attached hydrogens (tertiary/aromatic N) is 4. The van der Waals surface area contributed by atoms with Crippen LogP contribution in [-0.2, 0) is 6.54 Å². The first-order chi connectivity index (χ1) is 12.6. The molecule has 0 saturated carbocycles. The fourth-order valence-corrected chi connectivity index (χ4v) is 3.90. The molecular formula is C21H25N5. The summed E-state index contributed by atoms with van der Waals surface area (Å²) in [6, 6.07) is 12.2. The third-order valence-electron chi connectivity index (χ3n) is 5.03. The first-order valence-electron chi connectivity index (χ1n) is 9.30. The van der Waals surface area contributed by atoms with Gasteiger partial charge < -0.3 is 10.6 Å². The quantitative estimate of drug-likeness (QED) is 0.783. The summed E-state index contributed by atoms with van der Waals surface area (Å²) in [5.41, 5.74) is 9.25. The molecule has 2 N–H and O–H groups in total. The summed E-state index contributed by atoms with van der Waals surface area (Å²) >= 11 is 0. The number of aromatic nitrogens is 3. The van der Waals surface area contributed by atoms with Gasteiger partial charge in [-0.25, -0.2) is 9.97 Å². The van der Waals surface area contributed by atoms with Crippen molar-refractivity contribution in [3.63, 3.8) is 0 Å². The first-order valence-corrected chi connectivity index (χ1v) is 9.30. The zero-order valence-electron chi connectivity index (χ0n) is 15.4. The molecule has 4 heterocycles. The Hall–Kier alpha value is -2.53. The van der Waals surface area contributed by atoms with Crippen LogP contribution < -0.4 is 10.6 Å². The number of pyridine rings is 3. The second-order valence-corrected chi connectivity index (χ2v) is 7.50. The molecule has 0 bridgehead atoms. The van der Waals surface area contributed by atoms with Gasteiger partial charge in [-0.2, -0.15) is 0 Å². The van der Waals surface area contributed by atoms with Crippen LogP contribution in [0.5, 0.6) is 0 Å². The van der Waals surface area contributed by atoms with E-state index in [1.54, 1.807) is 0 Å². The topological polar surface area (TPSA) is 67.9 Å². The van der Waals surface area contributed by atoms with E-state index in [4.69, 9.17) is 15.7 Å². The fourth-order valence-electron chi connectivity index (χ4n) is 3.90. The van der Waals surface area contributed by atoms with Crippen LogP contribution in [0.15, 0.2) is 42.6 Å². The van der Waals surface area contributed by atoms with E-state index in [0.29, 0.717) is 18.4 Å². The van der Waals surface area contributed by atoms with Crippen molar-refractivity contribution >= 4 is 16.7 Å². The highest BCUT2D eigenvalue weighted by Crippen LogP contribution is 2.27. The Bertz CT molecular complexity index is 913. The van der Waals surface area contributed by atoms with Gasteiger partial charge in [-0.05, 0) is 48.6 Å². The maximum atomic E-state index is 5.71. The minimum atomic E-state index is 0.418. The predicted octanol–water partition coefficient (Wildman–Crippen LogP) is 3.63. The first kappa shape index (κ1) is 16.9. The average molecular weight is 347 g/mol. The fraction of sp³-hybridized carbons (Fsp3) is 0.381. The molecular weight excluding hydrogens is 322 g/mol. The van der Waals surface area contributed by atoms with Gasteiger partial charge >= 0.3 is 0 Å². The number of fused-ring (bicyclic) bond motifs is 1. The van der Waals surface area contributed by atoms with Gasteiger partial charge in [0.2, 0.25) is 0 Å². The van der Waals surface area contributed by atoms with Crippen LogP contribution >= 0.6 is 0 Å². The zero-order valence-corrected chi connectivity index (χ0v) is 15.4. The third-order valence-corrected chi connectivity index (χ3v) is 5.03. The van der Waals surface area contributed by atoms with E-state index in [9.17, 15) is 0 Å². The van der Waals surface area contributed by atoms with Gasteiger partial charge in [0.25, 0.3) is 0 Å². The Kier molecular flexibility index (Phi) is 4.55. The third kappa shape index (κ3) is 3.40. The molecule has 0 aliphatic carbocycles. The van der Waals surface area contributed by atoms with E-state index in [1.165, 1.54) is 6.42 Å². The molecule has 1 aliphatic rings. The molecule has 134 valence electrons. The van der Waals surface area contributed by atoms with Crippen LogP contribution in [0.3, 0.4) is 0 Å². The Morgan fingerprint density at radius 3 is 2.58 bits per heavy atom. The van der Waals surface area contributed by atoms with Crippen molar-refractivity contribution in [1.29, 1.82) is 0 Å². The van der Waals surface area contributed by atoms with E-state index in [-0.39, 0.29) is 0 Å². The average Bonchev–Trinajstić information content (AvgIpc) is 2.66. The summed E-state index contributed by atoms with van der Waals surface area (Å²) in [4.78, 5) is 16.4. The Morgan fingerprint density at radius 2 is 1.81 bits per heavy atom. The number of hydrogen-bond donors (Lipinski definition) is 1. The van der Waals surface area contributed by atoms with Crippen LogP contribution in [0.25, 0.3) is 22.3 Å². The van der Waals surface area contributed by atoms with Crippen LogP contribution in [0.1, 0.15) is 26.0 Å². The highest BCUT2D eigenvalue weighted by atomic mass is 15.2. The monoisotopic (exact) mass is 347 g/mol. The summed E-state index contributed by atoms with van der Waals surface area (Å²) in [6.45, 7) is 7.19. The van der Waals surface area contributed by atoms with Crippen LogP contribution in [-0.4, -0.2) is 28.0 Å². The van der Waals surface area contributed by atoms with Gasteiger partial charge in [-0.15, -0.1) is 0 Å². The van der Waals surface area contributed by atoms with Gasteiger partial charge in [0.1, 0.15) is 5.82 Å². The maximum absolute atomic E-state index is 5.71. The lowest BCUT2D eigenvalue weighted by Crippen LogP contribution is -2.39.